The molecular formula is C56H102O15. The van der Waals surface area contributed by atoms with Crippen LogP contribution < -0.4 is 0 Å². The van der Waals surface area contributed by atoms with E-state index in [2.05, 4.69) is 31.7 Å². The second kappa shape index (κ2) is 43.3. The molecule has 0 radical (unpaired) electrons. The lowest BCUT2D eigenvalue weighted by atomic mass is 9.98. The standard InChI is InChI=1S/C56H102O15/c1-3-5-7-9-11-13-15-17-19-20-21-22-23-25-27-29-31-33-35-37-39-48(59)69-44(41-66-47(58)38-36-34-32-30-28-26-24-18-16-14-12-10-8-6-4-2)42-67-55-54(65)52(63)50(61)46(71-55)43-68-56-53(64)51(62)49(60)45(40-57)70-56/h16,24,44-46,49-57,60-65H,3-15,17,19-23,25-43H2,1-2H3/t18?,44-,45+,46+,49-,50-,51?,52?,53?,54?,55+,56+/m1/s1. The molecule has 0 saturated carbocycles. The number of carbonyl (C=O) groups excluding carboxylic acids is 2. The molecule has 4 unspecified atom stereocenters. The Morgan fingerprint density at radius 2 is 0.845 bits per heavy atom. The van der Waals surface area contributed by atoms with Gasteiger partial charge in [0.2, 0.25) is 0 Å². The summed E-state index contributed by atoms with van der Waals surface area (Å²) in [6.45, 7) is 2.59. The Kier molecular flexibility index (Phi) is 39.7. The van der Waals surface area contributed by atoms with Crippen LogP contribution in [0.1, 0.15) is 232 Å². The van der Waals surface area contributed by atoms with Crippen molar-refractivity contribution in [2.45, 2.75) is 300 Å². The number of hydrogen-bond donors (Lipinski definition) is 7. The second-order valence-electron chi connectivity index (χ2n) is 20.2. The highest BCUT2D eigenvalue weighted by atomic mass is 16.7. The molecule has 0 aromatic rings. The van der Waals surface area contributed by atoms with Crippen molar-refractivity contribution in [2.24, 2.45) is 0 Å². The monoisotopic (exact) mass is 1010 g/mol. The van der Waals surface area contributed by atoms with E-state index < -0.39 is 92.7 Å². The molecule has 2 fully saturated rings. The molecule has 15 heteroatoms. The highest BCUT2D eigenvalue weighted by Gasteiger charge is 2.47. The molecule has 0 aromatic carbocycles. The SMILES string of the molecule is CCCCCCCC=C=CCCCCCCCC(=O)OC[C@H](CO[C@H]1O[C@@H](CO[C@H]2O[C@@H](CO)[C@@H](O)C(O)C2O)[C@@H](O)C(O)C1O)OC(=O)CCCCCCCCCCCCCCCCCCCCCC. The zero-order chi connectivity index (χ0) is 51.7. The van der Waals surface area contributed by atoms with Crippen molar-refractivity contribution in [1.82, 2.24) is 0 Å². The van der Waals surface area contributed by atoms with Crippen molar-refractivity contribution in [3.05, 3.63) is 17.9 Å². The van der Waals surface area contributed by atoms with Gasteiger partial charge < -0.3 is 64.2 Å². The topological polar surface area (TPSA) is 231 Å². The smallest absolute Gasteiger partial charge is 0.306 e. The number of allylic oxidation sites excluding steroid dienone is 1. The van der Waals surface area contributed by atoms with Crippen LogP contribution in [0.15, 0.2) is 17.9 Å². The van der Waals surface area contributed by atoms with Crippen molar-refractivity contribution < 1.29 is 73.8 Å². The first kappa shape index (κ1) is 65.1. The average molecular weight is 1020 g/mol. The third kappa shape index (κ3) is 30.9. The largest absolute Gasteiger partial charge is 0.462 e. The molecule has 2 aliphatic rings. The van der Waals surface area contributed by atoms with Crippen molar-refractivity contribution in [2.75, 3.05) is 26.4 Å². The fourth-order valence-electron chi connectivity index (χ4n) is 9.08. The van der Waals surface area contributed by atoms with Crippen LogP contribution in [0.2, 0.25) is 0 Å². The van der Waals surface area contributed by atoms with Crippen LogP contribution in [0.3, 0.4) is 0 Å². The van der Waals surface area contributed by atoms with Crippen LogP contribution in [0, 0.1) is 0 Å². The summed E-state index contributed by atoms with van der Waals surface area (Å²) < 4.78 is 33.7. The van der Waals surface area contributed by atoms with Gasteiger partial charge in [0.25, 0.3) is 0 Å². The van der Waals surface area contributed by atoms with E-state index in [9.17, 15) is 45.3 Å². The summed E-state index contributed by atoms with van der Waals surface area (Å²) in [6.07, 6.45) is 25.8. The first-order valence-corrected chi connectivity index (χ1v) is 28.5. The molecule has 0 amide bonds. The Morgan fingerprint density at radius 3 is 1.30 bits per heavy atom. The Balaban J connectivity index is 1.76. The van der Waals surface area contributed by atoms with Gasteiger partial charge in [0.1, 0.15) is 55.4 Å². The van der Waals surface area contributed by atoms with Crippen molar-refractivity contribution in [3.63, 3.8) is 0 Å². The molecule has 71 heavy (non-hydrogen) atoms. The van der Waals surface area contributed by atoms with Crippen LogP contribution in [0.4, 0.5) is 0 Å². The molecule has 0 aliphatic carbocycles. The highest BCUT2D eigenvalue weighted by Crippen LogP contribution is 2.27. The molecule has 2 rings (SSSR count). The predicted octanol–water partition coefficient (Wildman–Crippen LogP) is 9.10. The summed E-state index contributed by atoms with van der Waals surface area (Å²) in [5, 5.41) is 72.2. The third-order valence-electron chi connectivity index (χ3n) is 13.8. The lowest BCUT2D eigenvalue weighted by Crippen LogP contribution is -2.61. The number of esters is 2. The number of hydrogen-bond acceptors (Lipinski definition) is 15. The molecule has 0 aromatic heterocycles. The van der Waals surface area contributed by atoms with Gasteiger partial charge >= 0.3 is 11.9 Å². The maximum atomic E-state index is 13.1. The van der Waals surface area contributed by atoms with Crippen LogP contribution in [0.25, 0.3) is 0 Å². The molecule has 2 saturated heterocycles. The lowest BCUT2D eigenvalue weighted by Gasteiger charge is -2.42. The number of rotatable bonds is 45. The van der Waals surface area contributed by atoms with Crippen LogP contribution >= 0.6 is 0 Å². The summed E-state index contributed by atoms with van der Waals surface area (Å²) in [6, 6.07) is 0. The van der Waals surface area contributed by atoms with Crippen LogP contribution in [-0.4, -0.2) is 142 Å². The van der Waals surface area contributed by atoms with E-state index in [1.165, 1.54) is 135 Å². The maximum Gasteiger partial charge on any atom is 0.306 e. The van der Waals surface area contributed by atoms with Gasteiger partial charge in [-0.3, -0.25) is 9.59 Å². The molecule has 2 heterocycles. The van der Waals surface area contributed by atoms with E-state index in [0.717, 1.165) is 57.8 Å². The normalized spacial score (nSPS) is 24.9. The molecule has 0 spiro atoms. The van der Waals surface area contributed by atoms with E-state index in [-0.39, 0.29) is 26.1 Å². The predicted molar refractivity (Wildman–Crippen MR) is 274 cm³/mol. The Hall–Kier alpha value is -1.98. The zero-order valence-electron chi connectivity index (χ0n) is 44.3. The Bertz CT molecular complexity index is 1340. The van der Waals surface area contributed by atoms with Crippen molar-refractivity contribution in [3.8, 4) is 0 Å². The van der Waals surface area contributed by atoms with Gasteiger partial charge in [0, 0.05) is 12.8 Å². The highest BCUT2D eigenvalue weighted by molar-refractivity contribution is 5.70. The number of carbonyl (C=O) groups is 2. The summed E-state index contributed by atoms with van der Waals surface area (Å²) in [5.74, 6) is -0.933. The minimum absolute atomic E-state index is 0.166. The van der Waals surface area contributed by atoms with Gasteiger partial charge in [-0.05, 0) is 50.7 Å². The fraction of sp³-hybridized carbons (Fsp3) is 0.911. The van der Waals surface area contributed by atoms with Gasteiger partial charge in [-0.25, -0.2) is 0 Å². The Morgan fingerprint density at radius 1 is 0.465 bits per heavy atom. The van der Waals surface area contributed by atoms with E-state index in [1.54, 1.807) is 0 Å². The van der Waals surface area contributed by atoms with E-state index in [4.69, 9.17) is 28.4 Å². The molecule has 416 valence electrons. The third-order valence-corrected chi connectivity index (χ3v) is 13.8. The van der Waals surface area contributed by atoms with Gasteiger partial charge in [-0.1, -0.05) is 181 Å². The quantitative estimate of drug-likeness (QED) is 0.0171. The van der Waals surface area contributed by atoms with E-state index in [0.29, 0.717) is 12.8 Å². The van der Waals surface area contributed by atoms with Gasteiger partial charge in [0.15, 0.2) is 18.7 Å². The van der Waals surface area contributed by atoms with Crippen molar-refractivity contribution >= 4 is 11.9 Å². The van der Waals surface area contributed by atoms with E-state index >= 15 is 0 Å². The van der Waals surface area contributed by atoms with Gasteiger partial charge in [-0.2, -0.15) is 0 Å². The molecule has 7 N–H and O–H groups in total. The summed E-state index contributed by atoms with van der Waals surface area (Å²) in [5.41, 5.74) is 3.29. The molecule has 2 aliphatic heterocycles. The number of aliphatic hydroxyl groups is 7. The number of ether oxygens (including phenoxy) is 6. The lowest BCUT2D eigenvalue weighted by molar-refractivity contribution is -0.332. The first-order chi connectivity index (χ1) is 34.5. The average Bonchev–Trinajstić information content (AvgIpc) is 3.36. The van der Waals surface area contributed by atoms with Crippen molar-refractivity contribution in [1.29, 1.82) is 0 Å². The summed E-state index contributed by atoms with van der Waals surface area (Å²) in [4.78, 5) is 25.8. The minimum Gasteiger partial charge on any atom is -0.462 e. The molecule has 11 atom stereocenters. The van der Waals surface area contributed by atoms with E-state index in [1.807, 2.05) is 0 Å². The molecule has 15 nitrogen and oxygen atoms in total. The molecule has 0 bridgehead atoms. The zero-order valence-corrected chi connectivity index (χ0v) is 44.3. The summed E-state index contributed by atoms with van der Waals surface area (Å²) >= 11 is 0. The molecular weight excluding hydrogens is 913 g/mol. The Labute approximate surface area is 428 Å². The maximum absolute atomic E-state index is 13.1. The number of unbranched alkanes of at least 4 members (excludes halogenated alkanes) is 29. The number of aliphatic hydroxyl groups excluding tert-OH is 7. The second-order valence-corrected chi connectivity index (χ2v) is 20.2. The minimum atomic E-state index is -1.77. The van der Waals surface area contributed by atoms with Crippen LogP contribution in [0.5, 0.6) is 0 Å². The van der Waals surface area contributed by atoms with Crippen LogP contribution in [-0.2, 0) is 38.0 Å². The fourth-order valence-corrected chi connectivity index (χ4v) is 9.08. The summed E-state index contributed by atoms with van der Waals surface area (Å²) in [7, 11) is 0. The first-order valence-electron chi connectivity index (χ1n) is 28.5. The van der Waals surface area contributed by atoms with Gasteiger partial charge in [-0.15, -0.1) is 5.73 Å². The van der Waals surface area contributed by atoms with Gasteiger partial charge in [0.05, 0.1) is 19.8 Å².